The van der Waals surface area contributed by atoms with Gasteiger partial charge in [-0.1, -0.05) is 11.8 Å². The van der Waals surface area contributed by atoms with E-state index in [0.717, 1.165) is 16.8 Å². The Balaban J connectivity index is 2.22. The third kappa shape index (κ3) is 2.85. The highest BCUT2D eigenvalue weighted by atomic mass is 32.2. The van der Waals surface area contributed by atoms with Crippen molar-refractivity contribution in [1.29, 1.82) is 0 Å². The van der Waals surface area contributed by atoms with Gasteiger partial charge >= 0.3 is 0 Å². The predicted molar refractivity (Wildman–Crippen MR) is 63.5 cm³/mol. The van der Waals surface area contributed by atoms with Crippen molar-refractivity contribution in [2.75, 3.05) is 12.8 Å². The van der Waals surface area contributed by atoms with Crippen LogP contribution in [-0.4, -0.2) is 17.1 Å². The Kier molecular flexibility index (Phi) is 3.43. The van der Waals surface area contributed by atoms with Crippen LogP contribution in [0.1, 0.15) is 0 Å². The van der Waals surface area contributed by atoms with Crippen LogP contribution in [-0.2, 0) is 0 Å². The average Bonchev–Trinajstić information content (AvgIpc) is 2.35. The molecule has 1 heterocycles. The summed E-state index contributed by atoms with van der Waals surface area (Å²) < 4.78 is 18.4. The van der Waals surface area contributed by atoms with Gasteiger partial charge in [0.2, 0.25) is 5.95 Å². The fourth-order valence-electron chi connectivity index (χ4n) is 1.19. The van der Waals surface area contributed by atoms with Crippen LogP contribution >= 0.6 is 11.8 Å². The Hall–Kier alpha value is -1.82. The predicted octanol–water partition coefficient (Wildman–Crippen LogP) is 2.36. The summed E-state index contributed by atoms with van der Waals surface area (Å²) in [5.74, 6) is 0.319. The first kappa shape index (κ1) is 11.7. The molecule has 2 aromatic rings. The summed E-state index contributed by atoms with van der Waals surface area (Å²) in [6, 6.07) is 7.23. The standard InChI is InChI=1S/C11H10FN3OS/c1-16-7-2-4-8(5-3-7)17-10-9(12)6-14-11(13)15-10/h2-6H,1H3,(H2,13,14,15). The molecule has 0 saturated carbocycles. The molecule has 0 spiro atoms. The zero-order valence-electron chi connectivity index (χ0n) is 9.05. The summed E-state index contributed by atoms with van der Waals surface area (Å²) in [5.41, 5.74) is 5.40. The largest absolute Gasteiger partial charge is 0.497 e. The van der Waals surface area contributed by atoms with Crippen molar-refractivity contribution in [1.82, 2.24) is 9.97 Å². The van der Waals surface area contributed by atoms with Crippen molar-refractivity contribution in [2.45, 2.75) is 9.92 Å². The topological polar surface area (TPSA) is 61.0 Å². The highest BCUT2D eigenvalue weighted by Crippen LogP contribution is 2.29. The number of methoxy groups -OCH3 is 1. The lowest BCUT2D eigenvalue weighted by Gasteiger charge is -2.04. The molecule has 4 nitrogen and oxygen atoms in total. The highest BCUT2D eigenvalue weighted by Gasteiger charge is 2.07. The highest BCUT2D eigenvalue weighted by molar-refractivity contribution is 7.99. The number of nitrogens with two attached hydrogens (primary N) is 1. The number of hydrogen-bond acceptors (Lipinski definition) is 5. The molecule has 2 rings (SSSR count). The van der Waals surface area contributed by atoms with Gasteiger partial charge in [0.05, 0.1) is 13.3 Å². The summed E-state index contributed by atoms with van der Waals surface area (Å²) in [4.78, 5) is 8.25. The van der Waals surface area contributed by atoms with Gasteiger partial charge in [-0.05, 0) is 24.3 Å². The molecule has 0 aliphatic heterocycles. The van der Waals surface area contributed by atoms with E-state index in [9.17, 15) is 4.39 Å². The number of nitrogen functional groups attached to an aromatic ring is 1. The summed E-state index contributed by atoms with van der Waals surface area (Å²) in [6.45, 7) is 0. The zero-order valence-corrected chi connectivity index (χ0v) is 9.87. The molecular formula is C11H10FN3OS. The minimum atomic E-state index is -0.486. The lowest BCUT2D eigenvalue weighted by molar-refractivity contribution is 0.414. The van der Waals surface area contributed by atoms with Crippen LogP contribution < -0.4 is 10.5 Å². The molecule has 0 bridgehead atoms. The van der Waals surface area contributed by atoms with E-state index in [2.05, 4.69) is 9.97 Å². The van der Waals surface area contributed by atoms with Crippen molar-refractivity contribution >= 4 is 17.7 Å². The minimum Gasteiger partial charge on any atom is -0.497 e. The monoisotopic (exact) mass is 251 g/mol. The Morgan fingerprint density at radius 2 is 2.00 bits per heavy atom. The fraction of sp³-hybridized carbons (Fsp3) is 0.0909. The van der Waals surface area contributed by atoms with E-state index in [1.165, 1.54) is 11.8 Å². The van der Waals surface area contributed by atoms with Crippen LogP contribution in [0.25, 0.3) is 0 Å². The quantitative estimate of drug-likeness (QED) is 0.848. The summed E-state index contributed by atoms with van der Waals surface area (Å²) in [7, 11) is 1.59. The SMILES string of the molecule is COc1ccc(Sc2nc(N)ncc2F)cc1. The van der Waals surface area contributed by atoms with E-state index in [-0.39, 0.29) is 11.0 Å². The van der Waals surface area contributed by atoms with Crippen LogP contribution in [0.4, 0.5) is 10.3 Å². The second-order valence-corrected chi connectivity index (χ2v) is 4.22. The molecule has 0 unspecified atom stereocenters. The number of halogens is 1. The second kappa shape index (κ2) is 5.01. The van der Waals surface area contributed by atoms with E-state index in [4.69, 9.17) is 10.5 Å². The Morgan fingerprint density at radius 3 is 2.65 bits per heavy atom. The van der Waals surface area contributed by atoms with Crippen molar-refractivity contribution < 1.29 is 9.13 Å². The van der Waals surface area contributed by atoms with Gasteiger partial charge < -0.3 is 10.5 Å². The summed E-state index contributed by atoms with van der Waals surface area (Å²) >= 11 is 1.19. The maximum atomic E-state index is 13.4. The van der Waals surface area contributed by atoms with Gasteiger partial charge in [-0.3, -0.25) is 0 Å². The molecule has 0 saturated heterocycles. The average molecular weight is 251 g/mol. The third-order valence-electron chi connectivity index (χ3n) is 2.00. The molecule has 88 valence electrons. The minimum absolute atomic E-state index is 0.0578. The second-order valence-electron chi connectivity index (χ2n) is 3.16. The first-order valence-electron chi connectivity index (χ1n) is 4.79. The van der Waals surface area contributed by atoms with Gasteiger partial charge in [-0.2, -0.15) is 0 Å². The van der Waals surface area contributed by atoms with E-state index in [1.54, 1.807) is 19.2 Å². The summed E-state index contributed by atoms with van der Waals surface area (Å²) in [5, 5.41) is 0.211. The molecule has 0 aliphatic rings. The lowest BCUT2D eigenvalue weighted by Crippen LogP contribution is -1.97. The van der Waals surface area contributed by atoms with Gasteiger partial charge in [0.15, 0.2) is 5.82 Å². The van der Waals surface area contributed by atoms with Crippen LogP contribution in [0.2, 0.25) is 0 Å². The molecule has 0 radical (unpaired) electrons. The van der Waals surface area contributed by atoms with Gasteiger partial charge in [-0.25, -0.2) is 14.4 Å². The maximum absolute atomic E-state index is 13.4. The van der Waals surface area contributed by atoms with Crippen molar-refractivity contribution in [3.05, 3.63) is 36.3 Å². The van der Waals surface area contributed by atoms with Crippen molar-refractivity contribution in [3.63, 3.8) is 0 Å². The third-order valence-corrected chi connectivity index (χ3v) is 2.99. The normalized spacial score (nSPS) is 10.2. The molecule has 2 N–H and O–H groups in total. The smallest absolute Gasteiger partial charge is 0.221 e. The molecule has 0 aliphatic carbocycles. The molecule has 0 amide bonds. The number of nitrogens with zero attached hydrogens (tertiary/aromatic N) is 2. The maximum Gasteiger partial charge on any atom is 0.221 e. The van der Waals surface area contributed by atoms with E-state index < -0.39 is 5.82 Å². The zero-order chi connectivity index (χ0) is 12.3. The van der Waals surface area contributed by atoms with Gasteiger partial charge in [-0.15, -0.1) is 0 Å². The van der Waals surface area contributed by atoms with Crippen molar-refractivity contribution in [3.8, 4) is 5.75 Å². The van der Waals surface area contributed by atoms with Gasteiger partial charge in [0.1, 0.15) is 10.8 Å². The number of ether oxygens (including phenoxy) is 1. The van der Waals surface area contributed by atoms with E-state index in [1.807, 2.05) is 12.1 Å². The van der Waals surface area contributed by atoms with Crippen LogP contribution in [0.15, 0.2) is 40.4 Å². The summed E-state index contributed by atoms with van der Waals surface area (Å²) in [6.07, 6.45) is 1.06. The molecule has 1 aromatic carbocycles. The Labute approximate surface area is 102 Å². The Bertz CT molecular complexity index is 519. The molecule has 6 heteroatoms. The molecule has 0 atom stereocenters. The fourth-order valence-corrected chi connectivity index (χ4v) is 1.98. The lowest BCUT2D eigenvalue weighted by atomic mass is 10.3. The van der Waals surface area contributed by atoms with Crippen LogP contribution in [0.5, 0.6) is 5.75 Å². The number of benzene rings is 1. The van der Waals surface area contributed by atoms with Gasteiger partial charge in [0, 0.05) is 4.90 Å². The number of anilines is 1. The van der Waals surface area contributed by atoms with Crippen LogP contribution in [0, 0.1) is 5.82 Å². The molecular weight excluding hydrogens is 241 g/mol. The van der Waals surface area contributed by atoms with E-state index >= 15 is 0 Å². The number of rotatable bonds is 3. The molecule has 0 fully saturated rings. The number of hydrogen-bond donors (Lipinski definition) is 1. The first-order valence-corrected chi connectivity index (χ1v) is 5.60. The number of aromatic nitrogens is 2. The van der Waals surface area contributed by atoms with Gasteiger partial charge in [0.25, 0.3) is 0 Å². The molecule has 17 heavy (non-hydrogen) atoms. The molecule has 1 aromatic heterocycles. The Morgan fingerprint density at radius 1 is 1.29 bits per heavy atom. The first-order chi connectivity index (χ1) is 8.19. The van der Waals surface area contributed by atoms with Crippen molar-refractivity contribution in [2.24, 2.45) is 0 Å². The van der Waals surface area contributed by atoms with E-state index in [0.29, 0.717) is 0 Å². The van der Waals surface area contributed by atoms with Crippen LogP contribution in [0.3, 0.4) is 0 Å².